The number of esters is 2. The largest absolute Gasteiger partial charge is 0.468 e. The highest BCUT2D eigenvalue weighted by atomic mass is 16.5. The van der Waals surface area contributed by atoms with E-state index >= 15 is 0 Å². The maximum atomic E-state index is 11.5. The topological polar surface area (TPSA) is 90.6 Å². The van der Waals surface area contributed by atoms with E-state index in [2.05, 4.69) is 14.8 Å². The Balaban J connectivity index is 2.97. The van der Waals surface area contributed by atoms with Gasteiger partial charge in [0.05, 0.1) is 19.8 Å². The van der Waals surface area contributed by atoms with E-state index in [4.69, 9.17) is 5.73 Å². The van der Waals surface area contributed by atoms with E-state index in [0.717, 1.165) is 5.56 Å². The molecule has 6 heteroatoms. The van der Waals surface area contributed by atoms with Crippen LogP contribution in [0, 0.1) is 6.92 Å². The minimum atomic E-state index is -0.516. The van der Waals surface area contributed by atoms with Crippen molar-refractivity contribution in [3.05, 3.63) is 23.3 Å². The zero-order valence-corrected chi connectivity index (χ0v) is 10.6. The van der Waals surface area contributed by atoms with Crippen LogP contribution in [0.4, 0.5) is 11.4 Å². The summed E-state index contributed by atoms with van der Waals surface area (Å²) < 4.78 is 9.14. The molecule has 0 saturated heterocycles. The van der Waals surface area contributed by atoms with E-state index in [-0.39, 0.29) is 12.1 Å². The quantitative estimate of drug-likeness (QED) is 0.612. The summed E-state index contributed by atoms with van der Waals surface area (Å²) in [6, 6.07) is 3.28. The number of anilines is 2. The van der Waals surface area contributed by atoms with Gasteiger partial charge in [0.2, 0.25) is 0 Å². The highest BCUT2D eigenvalue weighted by molar-refractivity contribution is 5.97. The van der Waals surface area contributed by atoms with E-state index in [1.165, 1.54) is 20.3 Å². The summed E-state index contributed by atoms with van der Waals surface area (Å²) in [6.45, 7) is 1.78. The van der Waals surface area contributed by atoms with Crippen LogP contribution in [0.2, 0.25) is 0 Å². The Morgan fingerprint density at radius 2 is 1.94 bits per heavy atom. The highest BCUT2D eigenvalue weighted by Gasteiger charge is 2.13. The lowest BCUT2D eigenvalue weighted by Gasteiger charge is -2.11. The Kier molecular flexibility index (Phi) is 4.53. The first-order valence-electron chi connectivity index (χ1n) is 5.28. The first kappa shape index (κ1) is 13.8. The third-order valence-corrected chi connectivity index (χ3v) is 2.46. The number of aryl methyl sites for hydroxylation is 1. The third-order valence-electron chi connectivity index (χ3n) is 2.46. The summed E-state index contributed by atoms with van der Waals surface area (Å²) in [6.07, 6.45) is 0. The monoisotopic (exact) mass is 252 g/mol. The fourth-order valence-electron chi connectivity index (χ4n) is 1.43. The van der Waals surface area contributed by atoms with Crippen molar-refractivity contribution in [2.75, 3.05) is 31.8 Å². The highest BCUT2D eigenvalue weighted by Crippen LogP contribution is 2.23. The Hall–Kier alpha value is -2.24. The van der Waals surface area contributed by atoms with Crippen LogP contribution >= 0.6 is 0 Å². The van der Waals surface area contributed by atoms with Crippen molar-refractivity contribution in [2.45, 2.75) is 6.92 Å². The van der Waals surface area contributed by atoms with Gasteiger partial charge in [-0.1, -0.05) is 0 Å². The smallest absolute Gasteiger partial charge is 0.340 e. The predicted octanol–water partition coefficient (Wildman–Crippen LogP) is 0.949. The van der Waals surface area contributed by atoms with Crippen molar-refractivity contribution in [2.24, 2.45) is 0 Å². The van der Waals surface area contributed by atoms with E-state index in [0.29, 0.717) is 11.4 Å². The average molecular weight is 252 g/mol. The first-order chi connectivity index (χ1) is 8.49. The van der Waals surface area contributed by atoms with Gasteiger partial charge in [-0.15, -0.1) is 0 Å². The van der Waals surface area contributed by atoms with E-state index in [1.807, 2.05) is 0 Å². The van der Waals surface area contributed by atoms with E-state index in [9.17, 15) is 9.59 Å². The number of nitrogen functional groups attached to an aromatic ring is 1. The normalized spacial score (nSPS) is 9.72. The molecule has 0 radical (unpaired) electrons. The summed E-state index contributed by atoms with van der Waals surface area (Å²) >= 11 is 0. The molecule has 0 aliphatic carbocycles. The Morgan fingerprint density at radius 3 is 2.50 bits per heavy atom. The molecule has 0 bridgehead atoms. The van der Waals surface area contributed by atoms with Crippen LogP contribution in [0.5, 0.6) is 0 Å². The lowest BCUT2D eigenvalue weighted by molar-refractivity contribution is -0.138. The van der Waals surface area contributed by atoms with Crippen LogP contribution in [0.15, 0.2) is 12.1 Å². The van der Waals surface area contributed by atoms with Gasteiger partial charge in [-0.2, -0.15) is 0 Å². The van der Waals surface area contributed by atoms with Crippen LogP contribution in [-0.4, -0.2) is 32.7 Å². The van der Waals surface area contributed by atoms with Crippen LogP contribution in [0.1, 0.15) is 15.9 Å². The summed E-state index contributed by atoms with van der Waals surface area (Å²) in [4.78, 5) is 22.5. The molecule has 0 aromatic heterocycles. The number of nitrogens with two attached hydrogens (primary N) is 1. The lowest BCUT2D eigenvalue weighted by Crippen LogP contribution is -2.16. The van der Waals surface area contributed by atoms with Gasteiger partial charge in [0.25, 0.3) is 0 Å². The number of hydrogen-bond acceptors (Lipinski definition) is 6. The number of hydrogen-bond donors (Lipinski definition) is 2. The van der Waals surface area contributed by atoms with Gasteiger partial charge in [-0.25, -0.2) is 4.79 Å². The molecule has 0 spiro atoms. The number of carbonyl (C=O) groups excluding carboxylic acids is 2. The van der Waals surface area contributed by atoms with Crippen molar-refractivity contribution < 1.29 is 19.1 Å². The molecule has 1 rings (SSSR count). The summed E-state index contributed by atoms with van der Waals surface area (Å²) in [5, 5.41) is 2.84. The molecule has 6 nitrogen and oxygen atoms in total. The van der Waals surface area contributed by atoms with E-state index in [1.54, 1.807) is 13.0 Å². The van der Waals surface area contributed by atoms with Crippen LogP contribution in [0.25, 0.3) is 0 Å². The maximum absolute atomic E-state index is 11.5. The van der Waals surface area contributed by atoms with Gasteiger partial charge >= 0.3 is 11.9 Å². The van der Waals surface area contributed by atoms with Crippen molar-refractivity contribution in [3.8, 4) is 0 Å². The number of carbonyl (C=O) groups is 2. The number of nitrogens with one attached hydrogen (secondary N) is 1. The number of methoxy groups -OCH3 is 2. The molecule has 1 aromatic rings. The standard InChI is InChI=1S/C12H16N2O4/c1-7-4-8(14-6-10(15)17-2)5-9(11(7)13)12(16)18-3/h4-5,14H,6,13H2,1-3H3. The molecule has 98 valence electrons. The SMILES string of the molecule is COC(=O)CNc1cc(C)c(N)c(C(=O)OC)c1. The lowest BCUT2D eigenvalue weighted by atomic mass is 10.1. The average Bonchev–Trinajstić information content (AvgIpc) is 2.38. The third kappa shape index (κ3) is 3.13. The molecule has 0 heterocycles. The molecule has 1 aromatic carbocycles. The molecular weight excluding hydrogens is 236 g/mol. The Morgan fingerprint density at radius 1 is 1.28 bits per heavy atom. The molecular formula is C12H16N2O4. The second-order valence-corrected chi connectivity index (χ2v) is 3.68. The molecule has 0 unspecified atom stereocenters. The number of ether oxygens (including phenoxy) is 2. The fourth-order valence-corrected chi connectivity index (χ4v) is 1.43. The molecule has 18 heavy (non-hydrogen) atoms. The van der Waals surface area contributed by atoms with Gasteiger partial charge in [-0.05, 0) is 24.6 Å². The minimum absolute atomic E-state index is 0.0144. The number of rotatable bonds is 4. The van der Waals surface area contributed by atoms with Gasteiger partial charge in [0.15, 0.2) is 0 Å². The van der Waals surface area contributed by atoms with Gasteiger partial charge in [-0.3, -0.25) is 4.79 Å². The van der Waals surface area contributed by atoms with Crippen molar-refractivity contribution in [3.63, 3.8) is 0 Å². The van der Waals surface area contributed by atoms with Crippen LogP contribution in [0.3, 0.4) is 0 Å². The molecule has 0 atom stereocenters. The Bertz CT molecular complexity index is 471. The number of benzene rings is 1. The summed E-state index contributed by atoms with van der Waals surface area (Å²) in [5.41, 5.74) is 7.76. The summed E-state index contributed by atoms with van der Waals surface area (Å²) in [5.74, 6) is -0.915. The predicted molar refractivity (Wildman–Crippen MR) is 67.4 cm³/mol. The molecule has 0 amide bonds. The molecule has 0 aliphatic rings. The molecule has 0 aliphatic heterocycles. The minimum Gasteiger partial charge on any atom is -0.468 e. The van der Waals surface area contributed by atoms with Gasteiger partial charge < -0.3 is 20.5 Å². The van der Waals surface area contributed by atoms with Crippen LogP contribution in [-0.2, 0) is 14.3 Å². The second-order valence-electron chi connectivity index (χ2n) is 3.68. The molecule has 0 saturated carbocycles. The Labute approximate surface area is 105 Å². The van der Waals surface area contributed by atoms with Gasteiger partial charge in [0, 0.05) is 11.4 Å². The molecule has 3 N–H and O–H groups in total. The summed E-state index contributed by atoms with van der Waals surface area (Å²) in [7, 11) is 2.59. The zero-order chi connectivity index (χ0) is 13.7. The second kappa shape index (κ2) is 5.90. The van der Waals surface area contributed by atoms with Crippen molar-refractivity contribution in [1.82, 2.24) is 0 Å². The maximum Gasteiger partial charge on any atom is 0.340 e. The van der Waals surface area contributed by atoms with Gasteiger partial charge in [0.1, 0.15) is 6.54 Å². The first-order valence-corrected chi connectivity index (χ1v) is 5.28. The van der Waals surface area contributed by atoms with Crippen molar-refractivity contribution >= 4 is 23.3 Å². The van der Waals surface area contributed by atoms with Crippen molar-refractivity contribution in [1.29, 1.82) is 0 Å². The van der Waals surface area contributed by atoms with Crippen LogP contribution < -0.4 is 11.1 Å². The van der Waals surface area contributed by atoms with E-state index < -0.39 is 11.9 Å². The zero-order valence-electron chi connectivity index (χ0n) is 10.6. The fraction of sp³-hybridized carbons (Fsp3) is 0.333. The molecule has 0 fully saturated rings.